The summed E-state index contributed by atoms with van der Waals surface area (Å²) >= 11 is 3.21. The highest BCUT2D eigenvalue weighted by molar-refractivity contribution is 9.10. The normalized spacial score (nSPS) is 10.5. The molecule has 0 aliphatic heterocycles. The molecule has 0 aromatic carbocycles. The van der Waals surface area contributed by atoms with Gasteiger partial charge in [-0.3, -0.25) is 4.79 Å². The van der Waals surface area contributed by atoms with Crippen molar-refractivity contribution >= 4 is 21.6 Å². The number of halogens is 1. The number of nitrogens with one attached hydrogen (secondary N) is 2. The number of aromatic amines is 1. The van der Waals surface area contributed by atoms with Gasteiger partial charge in [0, 0.05) is 32.4 Å². The lowest BCUT2D eigenvalue weighted by molar-refractivity contribution is 0.789. The van der Waals surface area contributed by atoms with E-state index in [9.17, 15) is 4.79 Å². The van der Waals surface area contributed by atoms with E-state index in [2.05, 4.69) is 36.4 Å². The van der Waals surface area contributed by atoms with Crippen molar-refractivity contribution in [3.63, 3.8) is 0 Å². The van der Waals surface area contributed by atoms with Crippen LogP contribution in [0.1, 0.15) is 5.82 Å². The maximum absolute atomic E-state index is 11.3. The fraction of sp³-hybridized carbons (Fsp3) is 0.300. The molecule has 90 valence electrons. The number of aryl methyl sites for hydroxylation is 1. The van der Waals surface area contributed by atoms with E-state index in [0.717, 1.165) is 12.2 Å². The van der Waals surface area contributed by atoms with Crippen LogP contribution in [-0.2, 0) is 13.5 Å². The van der Waals surface area contributed by atoms with Gasteiger partial charge in [-0.25, -0.2) is 10.1 Å². The summed E-state index contributed by atoms with van der Waals surface area (Å²) in [5.41, 5.74) is 0.440. The van der Waals surface area contributed by atoms with Gasteiger partial charge >= 0.3 is 0 Å². The largest absolute Gasteiger partial charge is 0.382 e. The van der Waals surface area contributed by atoms with Gasteiger partial charge in [-0.2, -0.15) is 5.10 Å². The third-order valence-electron chi connectivity index (χ3n) is 2.38. The summed E-state index contributed by atoms with van der Waals surface area (Å²) in [6.07, 6.45) is 6.02. The molecule has 0 saturated carbocycles. The Morgan fingerprint density at radius 3 is 3.12 bits per heavy atom. The maximum atomic E-state index is 11.3. The maximum Gasteiger partial charge on any atom is 0.280 e. The van der Waals surface area contributed by atoms with Crippen LogP contribution in [0.25, 0.3) is 0 Å². The number of H-pyrrole nitrogens is 1. The summed E-state index contributed by atoms with van der Waals surface area (Å²) in [4.78, 5) is 15.5. The summed E-state index contributed by atoms with van der Waals surface area (Å²) in [6.45, 7) is 0.689. The van der Waals surface area contributed by atoms with Crippen molar-refractivity contribution in [3.8, 4) is 0 Å². The lowest BCUT2D eigenvalue weighted by atomic mass is 10.3. The van der Waals surface area contributed by atoms with Gasteiger partial charge in [0.15, 0.2) is 0 Å². The van der Waals surface area contributed by atoms with Gasteiger partial charge in [0.2, 0.25) is 0 Å². The van der Waals surface area contributed by atoms with Gasteiger partial charge < -0.3 is 9.88 Å². The number of imidazole rings is 1. The fourth-order valence-electron chi connectivity index (χ4n) is 1.45. The number of aromatic nitrogens is 4. The van der Waals surface area contributed by atoms with Crippen LogP contribution >= 0.6 is 15.9 Å². The van der Waals surface area contributed by atoms with E-state index < -0.39 is 0 Å². The standard InChI is InChI=1S/C10H12BrN5O/c1-16-5-4-13-8(16)2-3-12-7-6-14-15-10(17)9(7)11/h4-6H,2-3H2,1H3,(H2,12,15,17). The molecule has 6 nitrogen and oxygen atoms in total. The van der Waals surface area contributed by atoms with Crippen molar-refractivity contribution in [2.75, 3.05) is 11.9 Å². The number of hydrogen-bond donors (Lipinski definition) is 2. The molecule has 0 aliphatic rings. The zero-order chi connectivity index (χ0) is 12.3. The van der Waals surface area contributed by atoms with Gasteiger partial charge in [0.25, 0.3) is 5.56 Å². The first-order chi connectivity index (χ1) is 8.18. The molecule has 0 fully saturated rings. The fourth-order valence-corrected chi connectivity index (χ4v) is 1.78. The van der Waals surface area contributed by atoms with E-state index in [0.29, 0.717) is 16.7 Å². The van der Waals surface area contributed by atoms with E-state index >= 15 is 0 Å². The Bertz CT molecular complexity index is 562. The topological polar surface area (TPSA) is 75.6 Å². The van der Waals surface area contributed by atoms with E-state index in [1.807, 2.05) is 17.8 Å². The summed E-state index contributed by atoms with van der Waals surface area (Å²) in [6, 6.07) is 0. The smallest absolute Gasteiger partial charge is 0.280 e. The predicted octanol–water partition coefficient (Wildman–Crippen LogP) is 0.920. The average molecular weight is 298 g/mol. The molecule has 0 radical (unpaired) electrons. The number of rotatable bonds is 4. The van der Waals surface area contributed by atoms with Gasteiger partial charge in [0.1, 0.15) is 10.3 Å². The Labute approximate surface area is 106 Å². The molecule has 2 aromatic heterocycles. The second kappa shape index (κ2) is 5.13. The monoisotopic (exact) mass is 297 g/mol. The second-order valence-corrected chi connectivity index (χ2v) is 4.35. The van der Waals surface area contributed by atoms with Crippen LogP contribution in [-0.4, -0.2) is 26.3 Å². The van der Waals surface area contributed by atoms with Crippen molar-refractivity contribution in [2.45, 2.75) is 6.42 Å². The first-order valence-corrected chi connectivity index (χ1v) is 5.91. The van der Waals surface area contributed by atoms with Crippen molar-refractivity contribution < 1.29 is 0 Å². The summed E-state index contributed by atoms with van der Waals surface area (Å²) in [7, 11) is 1.95. The Balaban J connectivity index is 1.97. The molecule has 7 heteroatoms. The highest BCUT2D eigenvalue weighted by Gasteiger charge is 2.04. The lowest BCUT2D eigenvalue weighted by Gasteiger charge is -2.06. The van der Waals surface area contributed by atoms with Crippen LogP contribution in [0.3, 0.4) is 0 Å². The van der Waals surface area contributed by atoms with Gasteiger partial charge in [-0.1, -0.05) is 0 Å². The van der Waals surface area contributed by atoms with E-state index in [4.69, 9.17) is 0 Å². The highest BCUT2D eigenvalue weighted by Crippen LogP contribution is 2.14. The minimum absolute atomic E-state index is 0.244. The minimum atomic E-state index is -0.244. The Morgan fingerprint density at radius 1 is 1.59 bits per heavy atom. The predicted molar refractivity (Wildman–Crippen MR) is 68.0 cm³/mol. The average Bonchev–Trinajstić information content (AvgIpc) is 2.71. The Hall–Kier alpha value is -1.63. The van der Waals surface area contributed by atoms with Crippen LogP contribution in [0, 0.1) is 0 Å². The molecule has 2 heterocycles. The van der Waals surface area contributed by atoms with Crippen molar-refractivity contribution in [1.29, 1.82) is 0 Å². The second-order valence-electron chi connectivity index (χ2n) is 3.56. The first kappa shape index (κ1) is 11.8. The van der Waals surface area contributed by atoms with Crippen LogP contribution in [0.4, 0.5) is 5.69 Å². The first-order valence-electron chi connectivity index (χ1n) is 5.11. The van der Waals surface area contributed by atoms with Crippen molar-refractivity contribution in [3.05, 3.63) is 39.2 Å². The summed E-state index contributed by atoms with van der Waals surface area (Å²) < 4.78 is 2.43. The molecule has 2 rings (SSSR count). The molecule has 0 unspecified atom stereocenters. The molecule has 0 amide bonds. The molecule has 0 atom stereocenters. The Morgan fingerprint density at radius 2 is 2.41 bits per heavy atom. The zero-order valence-corrected chi connectivity index (χ0v) is 10.9. The van der Waals surface area contributed by atoms with E-state index in [1.165, 1.54) is 0 Å². The van der Waals surface area contributed by atoms with Crippen LogP contribution in [0.2, 0.25) is 0 Å². The molecular formula is C10H12BrN5O. The van der Waals surface area contributed by atoms with Crippen LogP contribution in [0.5, 0.6) is 0 Å². The molecule has 17 heavy (non-hydrogen) atoms. The quantitative estimate of drug-likeness (QED) is 0.880. The molecular weight excluding hydrogens is 286 g/mol. The number of anilines is 1. The molecule has 0 bridgehead atoms. The molecule has 2 N–H and O–H groups in total. The van der Waals surface area contributed by atoms with Gasteiger partial charge in [0.05, 0.1) is 11.9 Å². The minimum Gasteiger partial charge on any atom is -0.382 e. The third kappa shape index (κ3) is 2.73. The van der Waals surface area contributed by atoms with Crippen molar-refractivity contribution in [2.24, 2.45) is 7.05 Å². The van der Waals surface area contributed by atoms with Gasteiger partial charge in [-0.05, 0) is 15.9 Å². The van der Waals surface area contributed by atoms with E-state index in [-0.39, 0.29) is 5.56 Å². The van der Waals surface area contributed by atoms with Gasteiger partial charge in [-0.15, -0.1) is 0 Å². The molecule has 0 spiro atoms. The number of nitrogens with zero attached hydrogens (tertiary/aromatic N) is 3. The molecule has 0 saturated heterocycles. The third-order valence-corrected chi connectivity index (χ3v) is 3.17. The van der Waals surface area contributed by atoms with Crippen LogP contribution in [0.15, 0.2) is 27.9 Å². The molecule has 0 aliphatic carbocycles. The summed E-state index contributed by atoms with van der Waals surface area (Å²) in [5, 5.41) is 9.21. The van der Waals surface area contributed by atoms with Crippen LogP contribution < -0.4 is 10.9 Å². The number of hydrogen-bond acceptors (Lipinski definition) is 4. The summed E-state index contributed by atoms with van der Waals surface area (Å²) in [5.74, 6) is 0.992. The lowest BCUT2D eigenvalue weighted by Crippen LogP contribution is -2.14. The molecule has 2 aromatic rings. The van der Waals surface area contributed by atoms with E-state index in [1.54, 1.807) is 12.4 Å². The SMILES string of the molecule is Cn1ccnc1CCNc1cn[nH]c(=O)c1Br. The zero-order valence-electron chi connectivity index (χ0n) is 9.27. The Kier molecular flexibility index (Phi) is 3.58. The van der Waals surface area contributed by atoms with Crippen molar-refractivity contribution in [1.82, 2.24) is 19.7 Å². The highest BCUT2D eigenvalue weighted by atomic mass is 79.9.